The van der Waals surface area contributed by atoms with E-state index < -0.39 is 0 Å². The Morgan fingerprint density at radius 1 is 0.960 bits per heavy atom. The molecule has 0 atom stereocenters. The molecule has 1 amide bonds. The molecule has 0 aliphatic heterocycles. The predicted octanol–water partition coefficient (Wildman–Crippen LogP) is 4.26. The minimum absolute atomic E-state index is 0.195. The first-order chi connectivity index (χ1) is 12.3. The van der Waals surface area contributed by atoms with E-state index in [0.717, 1.165) is 31.5 Å². The Kier molecular flexibility index (Phi) is 5.78. The van der Waals surface area contributed by atoms with E-state index in [9.17, 15) is 4.79 Å². The SMILES string of the molecule is CCCN(CCc1cccnc1)C(=O)Cc1ccc2ccccc2c1. The molecule has 0 N–H and O–H groups in total. The van der Waals surface area contributed by atoms with Crippen LogP contribution in [0, 0.1) is 0 Å². The highest BCUT2D eigenvalue weighted by molar-refractivity contribution is 5.85. The molecule has 0 saturated heterocycles. The van der Waals surface area contributed by atoms with Crippen LogP contribution < -0.4 is 0 Å². The lowest BCUT2D eigenvalue weighted by Crippen LogP contribution is -2.34. The standard InChI is InChI=1S/C22H24N2O/c1-2-13-24(14-11-18-6-5-12-23-17-18)22(25)16-19-9-10-20-7-3-4-8-21(20)15-19/h3-10,12,15,17H,2,11,13-14,16H2,1H3. The molecule has 3 aromatic rings. The second-order valence-corrected chi connectivity index (χ2v) is 6.35. The molecule has 2 aromatic carbocycles. The summed E-state index contributed by atoms with van der Waals surface area (Å²) in [4.78, 5) is 18.9. The van der Waals surface area contributed by atoms with Gasteiger partial charge in [-0.3, -0.25) is 9.78 Å². The first-order valence-corrected chi connectivity index (χ1v) is 8.90. The first-order valence-electron chi connectivity index (χ1n) is 8.90. The van der Waals surface area contributed by atoms with Crippen molar-refractivity contribution in [1.29, 1.82) is 0 Å². The van der Waals surface area contributed by atoms with Gasteiger partial charge in [0.1, 0.15) is 0 Å². The Balaban J connectivity index is 1.66. The van der Waals surface area contributed by atoms with E-state index in [1.807, 2.05) is 29.3 Å². The summed E-state index contributed by atoms with van der Waals surface area (Å²) in [6.07, 6.45) is 5.92. The maximum Gasteiger partial charge on any atom is 0.226 e. The highest BCUT2D eigenvalue weighted by Crippen LogP contribution is 2.16. The van der Waals surface area contributed by atoms with Crippen LogP contribution in [-0.4, -0.2) is 28.9 Å². The van der Waals surface area contributed by atoms with Crippen LogP contribution in [-0.2, 0) is 17.6 Å². The van der Waals surface area contributed by atoms with Crippen molar-refractivity contribution in [3.63, 3.8) is 0 Å². The quantitative estimate of drug-likeness (QED) is 0.648. The second-order valence-electron chi connectivity index (χ2n) is 6.35. The molecule has 0 radical (unpaired) electrons. The fraction of sp³-hybridized carbons (Fsp3) is 0.273. The van der Waals surface area contributed by atoms with Crippen LogP contribution >= 0.6 is 0 Å². The summed E-state index contributed by atoms with van der Waals surface area (Å²) in [6.45, 7) is 3.65. The zero-order valence-corrected chi connectivity index (χ0v) is 14.7. The molecule has 3 rings (SSSR count). The molecule has 1 aromatic heterocycles. The normalized spacial score (nSPS) is 10.8. The van der Waals surface area contributed by atoms with Crippen molar-refractivity contribution in [1.82, 2.24) is 9.88 Å². The third-order valence-corrected chi connectivity index (χ3v) is 4.41. The number of rotatable bonds is 7. The van der Waals surface area contributed by atoms with E-state index in [4.69, 9.17) is 0 Å². The molecule has 3 nitrogen and oxygen atoms in total. The van der Waals surface area contributed by atoms with E-state index in [2.05, 4.69) is 48.3 Å². The predicted molar refractivity (Wildman–Crippen MR) is 102 cm³/mol. The van der Waals surface area contributed by atoms with Gasteiger partial charge in [-0.25, -0.2) is 0 Å². The largest absolute Gasteiger partial charge is 0.342 e. The molecule has 0 saturated carbocycles. The van der Waals surface area contributed by atoms with Crippen molar-refractivity contribution in [3.8, 4) is 0 Å². The van der Waals surface area contributed by atoms with Gasteiger partial charge in [0.05, 0.1) is 6.42 Å². The molecule has 0 unspecified atom stereocenters. The average Bonchev–Trinajstić information content (AvgIpc) is 2.65. The van der Waals surface area contributed by atoms with Crippen LogP contribution in [0.5, 0.6) is 0 Å². The van der Waals surface area contributed by atoms with Crippen LogP contribution in [0.4, 0.5) is 0 Å². The van der Waals surface area contributed by atoms with Crippen molar-refractivity contribution >= 4 is 16.7 Å². The summed E-state index contributed by atoms with van der Waals surface area (Å²) < 4.78 is 0. The van der Waals surface area contributed by atoms with E-state index in [-0.39, 0.29) is 5.91 Å². The highest BCUT2D eigenvalue weighted by Gasteiger charge is 2.13. The maximum atomic E-state index is 12.8. The fourth-order valence-electron chi connectivity index (χ4n) is 3.08. The summed E-state index contributed by atoms with van der Waals surface area (Å²) in [5, 5.41) is 2.39. The molecule has 0 spiro atoms. The number of carbonyl (C=O) groups is 1. The minimum atomic E-state index is 0.195. The van der Waals surface area contributed by atoms with Crippen LogP contribution in [0.1, 0.15) is 24.5 Å². The van der Waals surface area contributed by atoms with Gasteiger partial charge in [-0.05, 0) is 40.8 Å². The zero-order valence-electron chi connectivity index (χ0n) is 14.7. The Bertz CT molecular complexity index is 830. The van der Waals surface area contributed by atoms with E-state index in [1.165, 1.54) is 16.3 Å². The molecule has 0 bridgehead atoms. The monoisotopic (exact) mass is 332 g/mol. The van der Waals surface area contributed by atoms with Crippen LogP contribution in [0.2, 0.25) is 0 Å². The third-order valence-electron chi connectivity index (χ3n) is 4.41. The van der Waals surface area contributed by atoms with Crippen molar-refractivity contribution < 1.29 is 4.79 Å². The van der Waals surface area contributed by atoms with E-state index >= 15 is 0 Å². The summed E-state index contributed by atoms with van der Waals surface area (Å²) in [5.41, 5.74) is 2.24. The number of benzene rings is 2. The number of aromatic nitrogens is 1. The average molecular weight is 332 g/mol. The lowest BCUT2D eigenvalue weighted by Gasteiger charge is -2.22. The van der Waals surface area contributed by atoms with Gasteiger partial charge in [-0.2, -0.15) is 0 Å². The highest BCUT2D eigenvalue weighted by atomic mass is 16.2. The van der Waals surface area contributed by atoms with Gasteiger partial charge < -0.3 is 4.90 Å². The Morgan fingerprint density at radius 2 is 1.80 bits per heavy atom. The summed E-state index contributed by atoms with van der Waals surface area (Å²) in [6, 6.07) is 18.5. The molecule has 0 aliphatic rings. The molecule has 0 aliphatic carbocycles. The van der Waals surface area contributed by atoms with Gasteiger partial charge in [-0.1, -0.05) is 55.5 Å². The van der Waals surface area contributed by atoms with Crippen molar-refractivity contribution in [2.24, 2.45) is 0 Å². The van der Waals surface area contributed by atoms with Crippen LogP contribution in [0.25, 0.3) is 10.8 Å². The van der Waals surface area contributed by atoms with Gasteiger partial charge in [-0.15, -0.1) is 0 Å². The number of amides is 1. The number of hydrogen-bond acceptors (Lipinski definition) is 2. The Hall–Kier alpha value is -2.68. The van der Waals surface area contributed by atoms with Crippen molar-refractivity contribution in [2.75, 3.05) is 13.1 Å². The fourth-order valence-corrected chi connectivity index (χ4v) is 3.08. The molecule has 25 heavy (non-hydrogen) atoms. The number of carbonyl (C=O) groups excluding carboxylic acids is 1. The van der Waals surface area contributed by atoms with Gasteiger partial charge in [0.2, 0.25) is 5.91 Å². The number of fused-ring (bicyclic) bond motifs is 1. The first kappa shape index (κ1) is 17.2. The topological polar surface area (TPSA) is 33.2 Å². The third kappa shape index (κ3) is 4.66. The molecule has 128 valence electrons. The lowest BCUT2D eigenvalue weighted by atomic mass is 10.0. The van der Waals surface area contributed by atoms with Gasteiger partial charge in [0.15, 0.2) is 0 Å². The molecule has 0 fully saturated rings. The van der Waals surface area contributed by atoms with Gasteiger partial charge in [0, 0.05) is 25.5 Å². The second kappa shape index (κ2) is 8.43. The summed E-state index contributed by atoms with van der Waals surface area (Å²) in [5.74, 6) is 0.195. The summed E-state index contributed by atoms with van der Waals surface area (Å²) in [7, 11) is 0. The molecule has 1 heterocycles. The van der Waals surface area contributed by atoms with E-state index in [0.29, 0.717) is 6.42 Å². The maximum absolute atomic E-state index is 12.8. The van der Waals surface area contributed by atoms with Crippen molar-refractivity contribution in [2.45, 2.75) is 26.2 Å². The number of nitrogens with zero attached hydrogens (tertiary/aromatic N) is 2. The Morgan fingerprint density at radius 3 is 2.56 bits per heavy atom. The minimum Gasteiger partial charge on any atom is -0.342 e. The lowest BCUT2D eigenvalue weighted by molar-refractivity contribution is -0.130. The van der Waals surface area contributed by atoms with E-state index in [1.54, 1.807) is 6.20 Å². The van der Waals surface area contributed by atoms with Crippen LogP contribution in [0.3, 0.4) is 0 Å². The zero-order chi connectivity index (χ0) is 17.5. The molecular weight excluding hydrogens is 308 g/mol. The number of pyridine rings is 1. The van der Waals surface area contributed by atoms with Gasteiger partial charge >= 0.3 is 0 Å². The number of hydrogen-bond donors (Lipinski definition) is 0. The van der Waals surface area contributed by atoms with Crippen LogP contribution in [0.15, 0.2) is 67.0 Å². The van der Waals surface area contributed by atoms with Crippen molar-refractivity contribution in [3.05, 3.63) is 78.1 Å². The Labute approximate surface area is 149 Å². The molecular formula is C22H24N2O. The van der Waals surface area contributed by atoms with Gasteiger partial charge in [0.25, 0.3) is 0 Å². The molecule has 3 heteroatoms. The smallest absolute Gasteiger partial charge is 0.226 e. The summed E-state index contributed by atoms with van der Waals surface area (Å²) >= 11 is 0.